The van der Waals surface area contributed by atoms with Gasteiger partial charge in [-0.2, -0.15) is 0 Å². The van der Waals surface area contributed by atoms with Gasteiger partial charge in [0.2, 0.25) is 0 Å². The lowest BCUT2D eigenvalue weighted by Gasteiger charge is -2.55. The quantitative estimate of drug-likeness (QED) is 0.561. The van der Waals surface area contributed by atoms with Crippen LogP contribution in [0.15, 0.2) is 35.2 Å². The van der Waals surface area contributed by atoms with Gasteiger partial charge in [-0.25, -0.2) is 0 Å². The molecule has 2 heteroatoms. The van der Waals surface area contributed by atoms with Crippen molar-refractivity contribution in [1.82, 2.24) is 0 Å². The fraction of sp³-hybridized carbons (Fsp3) is 0.550. The average molecular weight is 312 g/mol. The molecule has 0 heterocycles. The Bertz CT molecular complexity index is 563. The molecule has 22 heavy (non-hydrogen) atoms. The standard InChI is InChI=1S/C20H24OS/c1-22-18-5-2-14(3-6-18)4-7-19(21)20-11-15-8-16(12-20)10-17(9-15)13-20/h2-7,15-17H,8-13H2,1H3/b7-4+. The second-order valence-corrected chi connectivity index (χ2v) is 8.55. The summed E-state index contributed by atoms with van der Waals surface area (Å²) in [6.45, 7) is 0. The Morgan fingerprint density at radius 1 is 1.05 bits per heavy atom. The molecule has 1 nitrogen and oxygen atoms in total. The predicted octanol–water partition coefficient (Wildman–Crippen LogP) is 5.21. The maximum Gasteiger partial charge on any atom is 0.161 e. The molecule has 116 valence electrons. The van der Waals surface area contributed by atoms with Gasteiger partial charge in [0.1, 0.15) is 0 Å². The zero-order chi connectivity index (χ0) is 15.2. The van der Waals surface area contributed by atoms with Crippen LogP contribution in [0.5, 0.6) is 0 Å². The lowest BCUT2D eigenvalue weighted by Crippen LogP contribution is -2.49. The van der Waals surface area contributed by atoms with Crippen LogP contribution in [0.25, 0.3) is 6.08 Å². The van der Waals surface area contributed by atoms with E-state index in [4.69, 9.17) is 0 Å². The number of hydrogen-bond donors (Lipinski definition) is 0. The maximum absolute atomic E-state index is 12.9. The van der Waals surface area contributed by atoms with E-state index in [1.165, 1.54) is 24.2 Å². The molecule has 0 radical (unpaired) electrons. The van der Waals surface area contributed by atoms with Crippen molar-refractivity contribution < 1.29 is 4.79 Å². The summed E-state index contributed by atoms with van der Waals surface area (Å²) in [5.74, 6) is 2.92. The van der Waals surface area contributed by atoms with E-state index in [1.807, 2.05) is 12.2 Å². The first-order valence-corrected chi connectivity index (χ1v) is 9.76. The number of benzene rings is 1. The van der Waals surface area contributed by atoms with Crippen LogP contribution in [-0.2, 0) is 4.79 Å². The van der Waals surface area contributed by atoms with Crippen molar-refractivity contribution in [3.05, 3.63) is 35.9 Å². The van der Waals surface area contributed by atoms with Crippen LogP contribution < -0.4 is 0 Å². The van der Waals surface area contributed by atoms with Gasteiger partial charge in [0, 0.05) is 10.3 Å². The zero-order valence-electron chi connectivity index (χ0n) is 13.3. The summed E-state index contributed by atoms with van der Waals surface area (Å²) < 4.78 is 0. The molecule has 0 aliphatic heterocycles. The van der Waals surface area contributed by atoms with E-state index in [0.717, 1.165) is 42.6 Å². The first-order valence-electron chi connectivity index (χ1n) is 8.53. The molecule has 0 saturated heterocycles. The van der Waals surface area contributed by atoms with Gasteiger partial charge in [-0.05, 0) is 86.3 Å². The predicted molar refractivity (Wildman–Crippen MR) is 92.9 cm³/mol. The van der Waals surface area contributed by atoms with Crippen LogP contribution >= 0.6 is 11.8 Å². The van der Waals surface area contributed by atoms with E-state index in [2.05, 4.69) is 30.5 Å². The molecule has 1 aromatic carbocycles. The Hall–Kier alpha value is -1.02. The summed E-state index contributed by atoms with van der Waals surface area (Å²) in [7, 11) is 0. The molecule has 5 rings (SSSR count). The molecule has 4 aliphatic carbocycles. The summed E-state index contributed by atoms with van der Waals surface area (Å²) in [6, 6.07) is 8.46. The largest absolute Gasteiger partial charge is 0.294 e. The Labute approximate surface area is 137 Å². The highest BCUT2D eigenvalue weighted by Gasteiger charge is 2.53. The third kappa shape index (κ3) is 2.56. The van der Waals surface area contributed by atoms with E-state index in [1.54, 1.807) is 11.8 Å². The number of ketones is 1. The summed E-state index contributed by atoms with van der Waals surface area (Å²) in [4.78, 5) is 14.2. The SMILES string of the molecule is CSc1ccc(/C=C/C(=O)C23CC4CC(CC(C4)C2)C3)cc1. The molecular weight excluding hydrogens is 288 g/mol. The van der Waals surface area contributed by atoms with Crippen LogP contribution in [0.4, 0.5) is 0 Å². The molecule has 1 aromatic rings. The van der Waals surface area contributed by atoms with Crippen LogP contribution in [0.3, 0.4) is 0 Å². The smallest absolute Gasteiger partial charge is 0.161 e. The Kier molecular flexibility index (Phi) is 3.68. The first-order chi connectivity index (χ1) is 10.7. The molecule has 0 unspecified atom stereocenters. The van der Waals surface area contributed by atoms with E-state index >= 15 is 0 Å². The van der Waals surface area contributed by atoms with Crippen molar-refractivity contribution in [3.63, 3.8) is 0 Å². The minimum Gasteiger partial charge on any atom is -0.294 e. The molecule has 0 N–H and O–H groups in total. The monoisotopic (exact) mass is 312 g/mol. The van der Waals surface area contributed by atoms with Gasteiger partial charge in [0.05, 0.1) is 0 Å². The number of thioether (sulfide) groups is 1. The van der Waals surface area contributed by atoms with Gasteiger partial charge in [-0.1, -0.05) is 18.2 Å². The van der Waals surface area contributed by atoms with Crippen molar-refractivity contribution in [2.24, 2.45) is 23.2 Å². The highest BCUT2D eigenvalue weighted by Crippen LogP contribution is 2.60. The fourth-order valence-electron chi connectivity index (χ4n) is 5.48. The fourth-order valence-corrected chi connectivity index (χ4v) is 5.88. The van der Waals surface area contributed by atoms with Gasteiger partial charge >= 0.3 is 0 Å². The second kappa shape index (κ2) is 5.56. The average Bonchev–Trinajstić information content (AvgIpc) is 2.51. The molecule has 4 fully saturated rings. The third-order valence-electron chi connectivity index (χ3n) is 6.10. The highest BCUT2D eigenvalue weighted by atomic mass is 32.2. The lowest BCUT2D eigenvalue weighted by molar-refractivity contribution is -0.138. The molecule has 4 bridgehead atoms. The Balaban J connectivity index is 1.50. The molecule has 0 spiro atoms. The first kappa shape index (κ1) is 14.6. The van der Waals surface area contributed by atoms with Crippen molar-refractivity contribution in [3.8, 4) is 0 Å². The number of hydrogen-bond acceptors (Lipinski definition) is 2. The van der Waals surface area contributed by atoms with E-state index in [9.17, 15) is 4.79 Å². The highest BCUT2D eigenvalue weighted by molar-refractivity contribution is 7.98. The normalized spacial score (nSPS) is 36.1. The maximum atomic E-state index is 12.9. The molecule has 4 aliphatic rings. The van der Waals surface area contributed by atoms with E-state index in [-0.39, 0.29) is 5.41 Å². The molecular formula is C20H24OS. The molecule has 4 saturated carbocycles. The summed E-state index contributed by atoms with van der Waals surface area (Å²) in [6.07, 6.45) is 13.6. The molecule has 0 aromatic heterocycles. The van der Waals surface area contributed by atoms with Crippen molar-refractivity contribution >= 4 is 23.6 Å². The summed E-state index contributed by atoms with van der Waals surface area (Å²) in [5.41, 5.74) is 1.14. The topological polar surface area (TPSA) is 17.1 Å². The zero-order valence-corrected chi connectivity index (χ0v) is 14.1. The Morgan fingerprint density at radius 3 is 2.09 bits per heavy atom. The van der Waals surface area contributed by atoms with Crippen LogP contribution in [-0.4, -0.2) is 12.0 Å². The van der Waals surface area contributed by atoms with Crippen LogP contribution in [0, 0.1) is 23.2 Å². The molecule has 0 amide bonds. The number of carbonyl (C=O) groups excluding carboxylic acids is 1. The van der Waals surface area contributed by atoms with Crippen molar-refractivity contribution in [2.45, 2.75) is 43.4 Å². The lowest BCUT2D eigenvalue weighted by atomic mass is 9.48. The van der Waals surface area contributed by atoms with Gasteiger partial charge in [-0.15, -0.1) is 11.8 Å². The number of rotatable bonds is 4. The van der Waals surface area contributed by atoms with Gasteiger partial charge in [0.25, 0.3) is 0 Å². The van der Waals surface area contributed by atoms with Crippen molar-refractivity contribution in [2.75, 3.05) is 6.26 Å². The van der Waals surface area contributed by atoms with Crippen LogP contribution in [0.2, 0.25) is 0 Å². The van der Waals surface area contributed by atoms with E-state index < -0.39 is 0 Å². The minimum absolute atomic E-state index is 0.00443. The summed E-state index contributed by atoms with van der Waals surface area (Å²) in [5, 5.41) is 0. The van der Waals surface area contributed by atoms with Gasteiger partial charge in [-0.3, -0.25) is 4.79 Å². The third-order valence-corrected chi connectivity index (χ3v) is 6.85. The molecule has 0 atom stereocenters. The summed E-state index contributed by atoms with van der Waals surface area (Å²) >= 11 is 1.75. The second-order valence-electron chi connectivity index (χ2n) is 7.67. The van der Waals surface area contributed by atoms with Gasteiger partial charge < -0.3 is 0 Å². The van der Waals surface area contributed by atoms with Crippen LogP contribution in [0.1, 0.15) is 44.1 Å². The van der Waals surface area contributed by atoms with Gasteiger partial charge in [0.15, 0.2) is 5.78 Å². The van der Waals surface area contributed by atoms with Crippen molar-refractivity contribution in [1.29, 1.82) is 0 Å². The van der Waals surface area contributed by atoms with E-state index in [0.29, 0.717) is 5.78 Å². The number of carbonyl (C=O) groups is 1. The minimum atomic E-state index is 0.00443. The Morgan fingerprint density at radius 2 is 1.59 bits per heavy atom. The number of allylic oxidation sites excluding steroid dienone is 1.